The number of allylic oxidation sites excluding steroid dienone is 1. The highest BCUT2D eigenvalue weighted by atomic mass is 28.4. The summed E-state index contributed by atoms with van der Waals surface area (Å²) in [6.07, 6.45) is 6.98. The molecule has 2 N–H and O–H groups in total. The molecule has 0 aromatic heterocycles. The summed E-state index contributed by atoms with van der Waals surface area (Å²) in [6, 6.07) is 0. The van der Waals surface area contributed by atoms with Crippen molar-refractivity contribution >= 4 is 8.80 Å². The normalized spacial score (nSPS) is 16.5. The first-order valence-corrected chi connectivity index (χ1v) is 9.79. The molecule has 0 aromatic rings. The molecule has 0 unspecified atom stereocenters. The zero-order chi connectivity index (χ0) is 14.8. The molecule has 20 heavy (non-hydrogen) atoms. The average molecular weight is 302 g/mol. The van der Waals surface area contributed by atoms with Gasteiger partial charge in [0.2, 0.25) is 0 Å². The van der Waals surface area contributed by atoms with E-state index < -0.39 is 8.80 Å². The van der Waals surface area contributed by atoms with Gasteiger partial charge in [0, 0.05) is 25.0 Å². The Balaban J connectivity index is 3.13. The summed E-state index contributed by atoms with van der Waals surface area (Å²) < 4.78 is 18.2. The van der Waals surface area contributed by atoms with Crippen LogP contribution in [-0.2, 0) is 13.3 Å². The minimum atomic E-state index is -2.73. The lowest BCUT2D eigenvalue weighted by Gasteiger charge is -2.33. The molecule has 0 heterocycles. The Kier molecular flexibility index (Phi) is 8.64. The highest BCUT2D eigenvalue weighted by Gasteiger charge is 2.46. The third kappa shape index (κ3) is 4.67. The van der Waals surface area contributed by atoms with Crippen LogP contribution in [0.4, 0.5) is 0 Å². The summed E-state index contributed by atoms with van der Waals surface area (Å²) in [7, 11) is -2.73. The maximum absolute atomic E-state index is 6.06. The lowest BCUT2D eigenvalue weighted by molar-refractivity contribution is 0.0793. The summed E-state index contributed by atoms with van der Waals surface area (Å²) in [5.41, 5.74) is 7.33. The van der Waals surface area contributed by atoms with Gasteiger partial charge < -0.3 is 19.0 Å². The van der Waals surface area contributed by atoms with Crippen LogP contribution in [0.25, 0.3) is 0 Å². The van der Waals surface area contributed by atoms with Crippen LogP contribution in [0.1, 0.15) is 59.3 Å². The zero-order valence-corrected chi connectivity index (χ0v) is 14.4. The average Bonchev–Trinajstić information content (AvgIpc) is 2.46. The van der Waals surface area contributed by atoms with E-state index in [1.807, 2.05) is 20.8 Å². The van der Waals surface area contributed by atoms with Gasteiger partial charge in [-0.05, 0) is 59.4 Å². The van der Waals surface area contributed by atoms with E-state index in [-0.39, 0.29) is 0 Å². The van der Waals surface area contributed by atoms with Gasteiger partial charge in [-0.25, -0.2) is 0 Å². The molecule has 1 fully saturated rings. The molecule has 5 heteroatoms. The molecule has 0 spiro atoms. The Labute approximate surface area is 125 Å². The van der Waals surface area contributed by atoms with E-state index >= 15 is 0 Å². The molecule has 0 atom stereocenters. The van der Waals surface area contributed by atoms with Crippen molar-refractivity contribution in [2.24, 2.45) is 5.73 Å². The largest absolute Gasteiger partial charge is 0.532 e. The molecule has 1 rings (SSSR count). The van der Waals surface area contributed by atoms with Crippen LogP contribution < -0.4 is 5.73 Å². The van der Waals surface area contributed by atoms with Gasteiger partial charge in [0.15, 0.2) is 0 Å². The van der Waals surface area contributed by atoms with E-state index in [4.69, 9.17) is 19.0 Å². The predicted molar refractivity (Wildman–Crippen MR) is 84.4 cm³/mol. The first kappa shape index (κ1) is 17.8. The van der Waals surface area contributed by atoms with Crippen LogP contribution in [-0.4, -0.2) is 35.2 Å². The van der Waals surface area contributed by atoms with Gasteiger partial charge in [0.25, 0.3) is 0 Å². The van der Waals surface area contributed by atoms with Gasteiger partial charge >= 0.3 is 8.80 Å². The van der Waals surface area contributed by atoms with E-state index in [0.717, 1.165) is 19.3 Å². The minimum Gasteiger partial charge on any atom is -0.370 e. The summed E-state index contributed by atoms with van der Waals surface area (Å²) in [5.74, 6) is 0. The smallest absolute Gasteiger partial charge is 0.370 e. The summed E-state index contributed by atoms with van der Waals surface area (Å²) in [5, 5.41) is 1.27. The van der Waals surface area contributed by atoms with Crippen molar-refractivity contribution in [1.82, 2.24) is 0 Å². The fourth-order valence-corrected chi connectivity index (χ4v) is 5.97. The van der Waals surface area contributed by atoms with Crippen molar-refractivity contribution in [1.29, 1.82) is 0 Å². The van der Waals surface area contributed by atoms with Crippen LogP contribution in [0.3, 0.4) is 0 Å². The topological polar surface area (TPSA) is 53.7 Å². The quantitative estimate of drug-likeness (QED) is 0.665. The van der Waals surface area contributed by atoms with Crippen molar-refractivity contribution in [3.8, 4) is 0 Å². The van der Waals surface area contributed by atoms with E-state index in [1.165, 1.54) is 30.0 Å². The van der Waals surface area contributed by atoms with E-state index in [2.05, 4.69) is 0 Å². The molecule has 0 aliphatic heterocycles. The highest BCUT2D eigenvalue weighted by molar-refractivity contribution is 6.69. The zero-order valence-electron chi connectivity index (χ0n) is 13.4. The molecule has 0 bridgehead atoms. The Morgan fingerprint density at radius 2 is 1.45 bits per heavy atom. The minimum absolute atomic E-state index is 0.619. The Bertz CT molecular complexity index is 282. The molecular formula is C15H31NO3Si. The molecule has 118 valence electrons. The van der Waals surface area contributed by atoms with Crippen LogP contribution in [0, 0.1) is 0 Å². The van der Waals surface area contributed by atoms with Crippen LogP contribution in [0.15, 0.2) is 10.8 Å². The third-order valence-corrected chi connectivity index (χ3v) is 7.00. The molecule has 0 aromatic carbocycles. The van der Waals surface area contributed by atoms with Crippen molar-refractivity contribution in [3.05, 3.63) is 10.8 Å². The summed E-state index contributed by atoms with van der Waals surface area (Å²) in [6.45, 7) is 8.50. The van der Waals surface area contributed by atoms with Crippen LogP contribution in [0.2, 0.25) is 0 Å². The van der Waals surface area contributed by atoms with E-state index in [0.29, 0.717) is 26.4 Å². The standard InChI is InChI=1S/C15H31NO3Si/c1-4-17-20(18-5-2,19-6-3)15(12-13-16)14-10-8-7-9-11-14/h4-13,16H2,1-3H3. The van der Waals surface area contributed by atoms with Gasteiger partial charge in [0.05, 0.1) is 0 Å². The van der Waals surface area contributed by atoms with Gasteiger partial charge in [0.1, 0.15) is 0 Å². The second-order valence-electron chi connectivity index (χ2n) is 5.04. The third-order valence-electron chi connectivity index (χ3n) is 3.65. The molecule has 0 saturated heterocycles. The SMILES string of the molecule is CCO[Si](OCC)(OCC)C(CCN)=C1CCCCC1. The number of rotatable bonds is 9. The Morgan fingerprint density at radius 3 is 1.85 bits per heavy atom. The van der Waals surface area contributed by atoms with Gasteiger partial charge in [-0.15, -0.1) is 0 Å². The fraction of sp³-hybridized carbons (Fsp3) is 0.867. The summed E-state index contributed by atoms with van der Waals surface area (Å²) >= 11 is 0. The monoisotopic (exact) mass is 301 g/mol. The summed E-state index contributed by atoms with van der Waals surface area (Å²) in [4.78, 5) is 0. The first-order chi connectivity index (χ1) is 9.74. The van der Waals surface area contributed by atoms with E-state index in [9.17, 15) is 0 Å². The molecule has 0 radical (unpaired) electrons. The lowest BCUT2D eigenvalue weighted by atomic mass is 9.94. The Morgan fingerprint density at radius 1 is 0.950 bits per heavy atom. The number of nitrogens with two attached hydrogens (primary N) is 1. The lowest BCUT2D eigenvalue weighted by Crippen LogP contribution is -2.49. The number of hydrogen-bond acceptors (Lipinski definition) is 4. The maximum Gasteiger partial charge on any atom is 0.532 e. The molecule has 1 saturated carbocycles. The second kappa shape index (κ2) is 9.68. The molecule has 1 aliphatic rings. The van der Waals surface area contributed by atoms with Crippen LogP contribution in [0.5, 0.6) is 0 Å². The molecule has 0 amide bonds. The molecule has 1 aliphatic carbocycles. The maximum atomic E-state index is 6.06. The van der Waals surface area contributed by atoms with Gasteiger partial charge in [-0.2, -0.15) is 0 Å². The van der Waals surface area contributed by atoms with Crippen molar-refractivity contribution in [2.45, 2.75) is 59.3 Å². The van der Waals surface area contributed by atoms with Crippen molar-refractivity contribution in [3.63, 3.8) is 0 Å². The van der Waals surface area contributed by atoms with Gasteiger partial charge in [-0.3, -0.25) is 0 Å². The van der Waals surface area contributed by atoms with Crippen molar-refractivity contribution in [2.75, 3.05) is 26.4 Å². The van der Waals surface area contributed by atoms with Crippen molar-refractivity contribution < 1.29 is 13.3 Å². The second-order valence-corrected chi connectivity index (χ2v) is 7.62. The molecular weight excluding hydrogens is 270 g/mol. The van der Waals surface area contributed by atoms with Crippen LogP contribution >= 0.6 is 0 Å². The van der Waals surface area contributed by atoms with E-state index in [1.54, 1.807) is 0 Å². The first-order valence-electron chi connectivity index (χ1n) is 8.07. The molecule has 4 nitrogen and oxygen atoms in total. The number of hydrogen-bond donors (Lipinski definition) is 1. The van der Waals surface area contributed by atoms with Gasteiger partial charge in [-0.1, -0.05) is 12.0 Å². The fourth-order valence-electron chi connectivity index (χ4n) is 2.93. The predicted octanol–water partition coefficient (Wildman–Crippen LogP) is 3.18. The highest BCUT2D eigenvalue weighted by Crippen LogP contribution is 2.33. The Hall–Kier alpha value is -0.203.